The van der Waals surface area contributed by atoms with Gasteiger partial charge < -0.3 is 10.5 Å². The van der Waals surface area contributed by atoms with Crippen molar-refractivity contribution in [1.82, 2.24) is 0 Å². The van der Waals surface area contributed by atoms with Crippen LogP contribution in [0.2, 0.25) is 5.02 Å². The molecule has 0 aliphatic heterocycles. The largest absolute Gasteiger partial charge is 0.489 e. The van der Waals surface area contributed by atoms with Crippen molar-refractivity contribution in [1.29, 1.82) is 0 Å². The molecule has 0 saturated carbocycles. The van der Waals surface area contributed by atoms with E-state index in [1.807, 2.05) is 31.2 Å². The molecule has 2 aromatic rings. The molecule has 0 unspecified atom stereocenters. The maximum Gasteiger partial charge on any atom is 0.129 e. The lowest BCUT2D eigenvalue weighted by Crippen LogP contribution is -2.04. The zero-order chi connectivity index (χ0) is 13.8. The standard InChI is InChI=1S/C15H15ClFNO/c1-10(18)11-2-5-14(6-3-11)19-9-12-8-13(16)4-7-15(12)17/h2-8,10H,9,18H2,1H3/t10-/m0/s1. The molecule has 0 heterocycles. The van der Waals surface area contributed by atoms with E-state index >= 15 is 0 Å². The molecule has 0 fully saturated rings. The highest BCUT2D eigenvalue weighted by molar-refractivity contribution is 6.30. The highest BCUT2D eigenvalue weighted by Crippen LogP contribution is 2.19. The van der Waals surface area contributed by atoms with E-state index in [0.29, 0.717) is 16.3 Å². The molecule has 0 bridgehead atoms. The Bertz CT molecular complexity index is 555. The first-order chi connectivity index (χ1) is 9.06. The molecule has 2 nitrogen and oxygen atoms in total. The van der Waals surface area contributed by atoms with Gasteiger partial charge in [-0.05, 0) is 42.8 Å². The van der Waals surface area contributed by atoms with Gasteiger partial charge in [0.15, 0.2) is 0 Å². The Balaban J connectivity index is 2.04. The molecule has 0 aliphatic rings. The maximum atomic E-state index is 13.5. The van der Waals surface area contributed by atoms with E-state index in [-0.39, 0.29) is 18.5 Å². The second-order valence-electron chi connectivity index (χ2n) is 4.38. The van der Waals surface area contributed by atoms with Crippen molar-refractivity contribution in [2.75, 3.05) is 0 Å². The predicted octanol–water partition coefficient (Wildman–Crippen LogP) is 4.08. The number of rotatable bonds is 4. The average Bonchev–Trinajstić information content (AvgIpc) is 2.40. The summed E-state index contributed by atoms with van der Waals surface area (Å²) in [6, 6.07) is 11.8. The first-order valence-electron chi connectivity index (χ1n) is 5.98. The molecule has 0 spiro atoms. The topological polar surface area (TPSA) is 35.2 Å². The third-order valence-corrected chi connectivity index (χ3v) is 3.04. The Labute approximate surface area is 117 Å². The lowest BCUT2D eigenvalue weighted by atomic mass is 10.1. The van der Waals surface area contributed by atoms with Gasteiger partial charge in [-0.15, -0.1) is 0 Å². The quantitative estimate of drug-likeness (QED) is 0.915. The van der Waals surface area contributed by atoms with Crippen LogP contribution in [-0.4, -0.2) is 0 Å². The number of nitrogens with two attached hydrogens (primary N) is 1. The molecule has 2 aromatic carbocycles. The van der Waals surface area contributed by atoms with Gasteiger partial charge in [-0.25, -0.2) is 4.39 Å². The fraction of sp³-hybridized carbons (Fsp3) is 0.200. The second-order valence-corrected chi connectivity index (χ2v) is 4.82. The van der Waals surface area contributed by atoms with E-state index in [0.717, 1.165) is 5.56 Å². The summed E-state index contributed by atoms with van der Waals surface area (Å²) in [5, 5.41) is 0.493. The van der Waals surface area contributed by atoms with Gasteiger partial charge in [0.1, 0.15) is 18.2 Å². The van der Waals surface area contributed by atoms with Gasteiger partial charge in [0.25, 0.3) is 0 Å². The third kappa shape index (κ3) is 3.69. The molecule has 0 saturated heterocycles. The second kappa shape index (κ2) is 6.04. The Hall–Kier alpha value is -1.58. The minimum Gasteiger partial charge on any atom is -0.489 e. The van der Waals surface area contributed by atoms with Crippen molar-refractivity contribution < 1.29 is 9.13 Å². The van der Waals surface area contributed by atoms with Crippen LogP contribution in [0.25, 0.3) is 0 Å². The van der Waals surface area contributed by atoms with Crippen LogP contribution in [-0.2, 0) is 6.61 Å². The van der Waals surface area contributed by atoms with Gasteiger partial charge in [0.05, 0.1) is 0 Å². The molecule has 1 atom stereocenters. The molecule has 0 aromatic heterocycles. The molecule has 0 radical (unpaired) electrons. The van der Waals surface area contributed by atoms with Crippen LogP contribution in [0.15, 0.2) is 42.5 Å². The first-order valence-corrected chi connectivity index (χ1v) is 6.36. The van der Waals surface area contributed by atoms with Crippen LogP contribution in [0.5, 0.6) is 5.75 Å². The molecule has 4 heteroatoms. The molecular weight excluding hydrogens is 265 g/mol. The molecule has 2 rings (SSSR count). The van der Waals surface area contributed by atoms with Crippen LogP contribution >= 0.6 is 11.6 Å². The number of benzene rings is 2. The third-order valence-electron chi connectivity index (χ3n) is 2.81. The summed E-state index contributed by atoms with van der Waals surface area (Å²) in [7, 11) is 0. The summed E-state index contributed by atoms with van der Waals surface area (Å²) in [5.41, 5.74) is 7.22. The van der Waals surface area contributed by atoms with Gasteiger partial charge in [-0.1, -0.05) is 23.7 Å². The number of hydrogen-bond acceptors (Lipinski definition) is 2. The van der Waals surface area contributed by atoms with E-state index in [9.17, 15) is 4.39 Å². The van der Waals surface area contributed by atoms with Crippen molar-refractivity contribution in [2.24, 2.45) is 5.73 Å². The highest BCUT2D eigenvalue weighted by Gasteiger charge is 2.05. The lowest BCUT2D eigenvalue weighted by Gasteiger charge is -2.09. The summed E-state index contributed by atoms with van der Waals surface area (Å²) in [6.07, 6.45) is 0. The first kappa shape index (κ1) is 13.8. The van der Waals surface area contributed by atoms with Gasteiger partial charge >= 0.3 is 0 Å². The van der Waals surface area contributed by atoms with Gasteiger partial charge in [0.2, 0.25) is 0 Å². The van der Waals surface area contributed by atoms with E-state index in [4.69, 9.17) is 22.1 Å². The van der Waals surface area contributed by atoms with Crippen LogP contribution < -0.4 is 10.5 Å². The van der Waals surface area contributed by atoms with Crippen molar-refractivity contribution in [2.45, 2.75) is 19.6 Å². The van der Waals surface area contributed by atoms with Crippen molar-refractivity contribution in [3.63, 3.8) is 0 Å². The van der Waals surface area contributed by atoms with E-state index < -0.39 is 0 Å². The zero-order valence-electron chi connectivity index (χ0n) is 10.6. The van der Waals surface area contributed by atoms with Crippen molar-refractivity contribution in [3.8, 4) is 5.75 Å². The van der Waals surface area contributed by atoms with E-state index in [2.05, 4.69) is 0 Å². The lowest BCUT2D eigenvalue weighted by molar-refractivity contribution is 0.300. The monoisotopic (exact) mass is 279 g/mol. The van der Waals surface area contributed by atoms with Gasteiger partial charge in [-0.2, -0.15) is 0 Å². The van der Waals surface area contributed by atoms with Crippen molar-refractivity contribution in [3.05, 3.63) is 64.4 Å². The highest BCUT2D eigenvalue weighted by atomic mass is 35.5. The minimum atomic E-state index is -0.323. The normalized spacial score (nSPS) is 12.2. The summed E-state index contributed by atoms with van der Waals surface area (Å²) < 4.78 is 19.0. The van der Waals surface area contributed by atoms with Crippen molar-refractivity contribution >= 4 is 11.6 Å². The Morgan fingerprint density at radius 2 is 1.89 bits per heavy atom. The number of ether oxygens (including phenoxy) is 1. The smallest absolute Gasteiger partial charge is 0.129 e. The summed E-state index contributed by atoms with van der Waals surface area (Å²) in [5.74, 6) is 0.348. The fourth-order valence-corrected chi connectivity index (χ4v) is 1.88. The number of halogens is 2. The van der Waals surface area contributed by atoms with Crippen LogP contribution in [0, 0.1) is 5.82 Å². The summed E-state index contributed by atoms with van der Waals surface area (Å²) >= 11 is 5.82. The maximum absolute atomic E-state index is 13.5. The van der Waals surface area contributed by atoms with Crippen LogP contribution in [0.4, 0.5) is 4.39 Å². The molecule has 2 N–H and O–H groups in total. The molecule has 19 heavy (non-hydrogen) atoms. The molecule has 0 amide bonds. The number of hydrogen-bond donors (Lipinski definition) is 1. The van der Waals surface area contributed by atoms with Crippen LogP contribution in [0.3, 0.4) is 0 Å². The fourth-order valence-electron chi connectivity index (χ4n) is 1.68. The molecule has 100 valence electrons. The Morgan fingerprint density at radius 3 is 2.53 bits per heavy atom. The van der Waals surface area contributed by atoms with E-state index in [1.165, 1.54) is 12.1 Å². The van der Waals surface area contributed by atoms with Gasteiger partial charge in [0, 0.05) is 16.6 Å². The van der Waals surface area contributed by atoms with Crippen LogP contribution in [0.1, 0.15) is 24.1 Å². The predicted molar refractivity (Wildman–Crippen MR) is 74.8 cm³/mol. The minimum absolute atomic E-state index is 0.0144. The Kier molecular flexibility index (Phi) is 4.40. The summed E-state index contributed by atoms with van der Waals surface area (Å²) in [4.78, 5) is 0. The molecular formula is C15H15ClFNO. The van der Waals surface area contributed by atoms with E-state index in [1.54, 1.807) is 6.07 Å². The Morgan fingerprint density at radius 1 is 1.21 bits per heavy atom. The van der Waals surface area contributed by atoms with Gasteiger partial charge in [-0.3, -0.25) is 0 Å². The zero-order valence-corrected chi connectivity index (χ0v) is 11.3. The summed E-state index contributed by atoms with van der Waals surface area (Å²) in [6.45, 7) is 2.06. The average molecular weight is 280 g/mol. The molecule has 0 aliphatic carbocycles. The SMILES string of the molecule is C[C@H](N)c1ccc(OCc2cc(Cl)ccc2F)cc1.